The van der Waals surface area contributed by atoms with E-state index < -0.39 is 5.41 Å². The molecule has 4 nitrogen and oxygen atoms in total. The number of ether oxygens (including phenoxy) is 1. The quantitative estimate of drug-likeness (QED) is 0.845. The van der Waals surface area contributed by atoms with E-state index in [-0.39, 0.29) is 17.8 Å². The summed E-state index contributed by atoms with van der Waals surface area (Å²) in [6.07, 6.45) is 1.97. The monoisotopic (exact) mass is 294 g/mol. The number of benzene rings is 1. The number of hydrogen-bond donors (Lipinski definition) is 2. The second kappa shape index (κ2) is 7.00. The van der Waals surface area contributed by atoms with Crippen LogP contribution in [-0.2, 0) is 9.53 Å². The predicted molar refractivity (Wildman–Crippen MR) is 79.1 cm³/mol. The van der Waals surface area contributed by atoms with E-state index in [1.165, 1.54) is 6.07 Å². The lowest BCUT2D eigenvalue weighted by molar-refractivity contribution is -0.133. The number of primary amides is 1. The van der Waals surface area contributed by atoms with Crippen molar-refractivity contribution in [2.75, 3.05) is 19.8 Å². The molecule has 1 saturated heterocycles. The first-order chi connectivity index (χ1) is 10.1. The Balaban J connectivity index is 2.08. The molecule has 21 heavy (non-hydrogen) atoms. The third-order valence-electron chi connectivity index (χ3n) is 4.35. The van der Waals surface area contributed by atoms with Crippen molar-refractivity contribution < 1.29 is 13.9 Å². The molecule has 0 bridgehead atoms. The smallest absolute Gasteiger partial charge is 0.225 e. The lowest BCUT2D eigenvalue weighted by Crippen LogP contribution is -2.49. The van der Waals surface area contributed by atoms with Crippen LogP contribution < -0.4 is 11.1 Å². The molecule has 1 aliphatic heterocycles. The molecule has 1 aliphatic rings. The molecule has 1 heterocycles. The van der Waals surface area contributed by atoms with Crippen LogP contribution in [0.5, 0.6) is 0 Å². The summed E-state index contributed by atoms with van der Waals surface area (Å²) in [4.78, 5) is 11.8. The SMILES string of the molecule is CC[C@H](NCC1(C(N)=O)CCOCC1)c1ccccc1F. The van der Waals surface area contributed by atoms with Gasteiger partial charge >= 0.3 is 0 Å². The molecular formula is C16H23FN2O2. The molecule has 1 amide bonds. The summed E-state index contributed by atoms with van der Waals surface area (Å²) in [5.41, 5.74) is 5.63. The van der Waals surface area contributed by atoms with Gasteiger partial charge in [0.2, 0.25) is 5.91 Å². The zero-order valence-corrected chi connectivity index (χ0v) is 12.4. The average molecular weight is 294 g/mol. The average Bonchev–Trinajstić information content (AvgIpc) is 2.50. The summed E-state index contributed by atoms with van der Waals surface area (Å²) < 4.78 is 19.2. The Labute approximate surface area is 124 Å². The highest BCUT2D eigenvalue weighted by atomic mass is 19.1. The van der Waals surface area contributed by atoms with Crippen LogP contribution in [0.1, 0.15) is 37.8 Å². The zero-order valence-electron chi connectivity index (χ0n) is 12.4. The van der Waals surface area contributed by atoms with Gasteiger partial charge in [-0.1, -0.05) is 25.1 Å². The van der Waals surface area contributed by atoms with Gasteiger partial charge in [0, 0.05) is 31.4 Å². The summed E-state index contributed by atoms with van der Waals surface area (Å²) >= 11 is 0. The highest BCUT2D eigenvalue weighted by Crippen LogP contribution is 2.31. The van der Waals surface area contributed by atoms with Crippen molar-refractivity contribution in [1.82, 2.24) is 5.32 Å². The number of carbonyl (C=O) groups is 1. The maximum Gasteiger partial charge on any atom is 0.225 e. The summed E-state index contributed by atoms with van der Waals surface area (Å²) in [5.74, 6) is -0.529. The van der Waals surface area contributed by atoms with Crippen molar-refractivity contribution in [3.05, 3.63) is 35.6 Å². The van der Waals surface area contributed by atoms with Gasteiger partial charge in [-0.3, -0.25) is 4.79 Å². The number of amides is 1. The molecule has 0 spiro atoms. The van der Waals surface area contributed by atoms with Gasteiger partial charge in [0.05, 0.1) is 5.41 Å². The van der Waals surface area contributed by atoms with Gasteiger partial charge in [0.15, 0.2) is 0 Å². The van der Waals surface area contributed by atoms with E-state index >= 15 is 0 Å². The third kappa shape index (κ3) is 3.60. The molecule has 2 rings (SSSR count). The van der Waals surface area contributed by atoms with E-state index in [0.29, 0.717) is 38.2 Å². The van der Waals surface area contributed by atoms with Crippen LogP contribution in [0.25, 0.3) is 0 Å². The standard InChI is InChI=1S/C16H23FN2O2/c1-2-14(12-5-3-4-6-13(12)17)19-11-16(15(18)20)7-9-21-10-8-16/h3-6,14,19H,2,7-11H2,1H3,(H2,18,20)/t14-/m0/s1. The largest absolute Gasteiger partial charge is 0.381 e. The number of hydrogen-bond acceptors (Lipinski definition) is 3. The number of nitrogens with one attached hydrogen (secondary N) is 1. The fraction of sp³-hybridized carbons (Fsp3) is 0.562. The molecule has 0 saturated carbocycles. The van der Waals surface area contributed by atoms with Gasteiger partial charge in [-0.05, 0) is 25.3 Å². The molecular weight excluding hydrogens is 271 g/mol. The summed E-state index contributed by atoms with van der Waals surface area (Å²) in [6.45, 7) is 3.53. The number of rotatable bonds is 6. The Morgan fingerprint density at radius 1 is 1.43 bits per heavy atom. The van der Waals surface area contributed by atoms with Crippen molar-refractivity contribution in [2.24, 2.45) is 11.1 Å². The highest BCUT2D eigenvalue weighted by Gasteiger charge is 2.38. The topological polar surface area (TPSA) is 64.3 Å². The van der Waals surface area contributed by atoms with Gasteiger partial charge in [0.1, 0.15) is 5.82 Å². The van der Waals surface area contributed by atoms with E-state index in [1.807, 2.05) is 13.0 Å². The van der Waals surface area contributed by atoms with Crippen LogP contribution in [-0.4, -0.2) is 25.7 Å². The minimum Gasteiger partial charge on any atom is -0.381 e. The van der Waals surface area contributed by atoms with E-state index in [0.717, 1.165) is 6.42 Å². The second-order valence-electron chi connectivity index (χ2n) is 5.62. The molecule has 0 aromatic heterocycles. The first kappa shape index (κ1) is 15.9. The van der Waals surface area contributed by atoms with Crippen LogP contribution in [0, 0.1) is 11.2 Å². The molecule has 1 fully saturated rings. The summed E-state index contributed by atoms with van der Waals surface area (Å²) in [7, 11) is 0. The molecule has 0 aliphatic carbocycles. The maximum atomic E-state index is 13.9. The van der Waals surface area contributed by atoms with E-state index in [1.54, 1.807) is 12.1 Å². The molecule has 1 aromatic rings. The van der Waals surface area contributed by atoms with Crippen molar-refractivity contribution in [3.63, 3.8) is 0 Å². The Hall–Kier alpha value is -1.46. The summed E-state index contributed by atoms with van der Waals surface area (Å²) in [6, 6.07) is 6.61. The van der Waals surface area contributed by atoms with Gasteiger partial charge in [-0.25, -0.2) is 4.39 Å². The number of nitrogens with two attached hydrogens (primary N) is 1. The highest BCUT2D eigenvalue weighted by molar-refractivity contribution is 5.81. The lowest BCUT2D eigenvalue weighted by atomic mass is 9.79. The fourth-order valence-electron chi connectivity index (χ4n) is 2.82. The fourth-order valence-corrected chi connectivity index (χ4v) is 2.82. The first-order valence-electron chi connectivity index (χ1n) is 7.44. The minimum absolute atomic E-state index is 0.120. The molecule has 0 radical (unpaired) electrons. The third-order valence-corrected chi connectivity index (χ3v) is 4.35. The first-order valence-corrected chi connectivity index (χ1v) is 7.44. The number of carbonyl (C=O) groups excluding carboxylic acids is 1. The molecule has 1 aromatic carbocycles. The van der Waals surface area contributed by atoms with E-state index in [4.69, 9.17) is 10.5 Å². The Morgan fingerprint density at radius 3 is 2.67 bits per heavy atom. The number of halogens is 1. The van der Waals surface area contributed by atoms with Gasteiger partial charge in [-0.2, -0.15) is 0 Å². The molecule has 5 heteroatoms. The van der Waals surface area contributed by atoms with Gasteiger partial charge in [0.25, 0.3) is 0 Å². The zero-order chi connectivity index (χ0) is 15.3. The normalized spacial score (nSPS) is 19.1. The Kier molecular flexibility index (Phi) is 5.31. The Bertz CT molecular complexity index is 487. The van der Waals surface area contributed by atoms with Crippen molar-refractivity contribution >= 4 is 5.91 Å². The van der Waals surface area contributed by atoms with Crippen LogP contribution >= 0.6 is 0 Å². The molecule has 1 atom stereocenters. The second-order valence-corrected chi connectivity index (χ2v) is 5.62. The minimum atomic E-state index is -0.586. The lowest BCUT2D eigenvalue weighted by Gasteiger charge is -2.35. The Morgan fingerprint density at radius 2 is 2.10 bits per heavy atom. The van der Waals surface area contributed by atoms with E-state index in [2.05, 4.69) is 5.32 Å². The van der Waals surface area contributed by atoms with Gasteiger partial charge in [-0.15, -0.1) is 0 Å². The van der Waals surface area contributed by atoms with Crippen molar-refractivity contribution in [2.45, 2.75) is 32.2 Å². The van der Waals surface area contributed by atoms with Crippen LogP contribution in [0.3, 0.4) is 0 Å². The molecule has 0 unspecified atom stereocenters. The van der Waals surface area contributed by atoms with Crippen LogP contribution in [0.15, 0.2) is 24.3 Å². The maximum absolute atomic E-state index is 13.9. The molecule has 3 N–H and O–H groups in total. The summed E-state index contributed by atoms with van der Waals surface area (Å²) in [5, 5.41) is 3.32. The van der Waals surface area contributed by atoms with Crippen LogP contribution in [0.4, 0.5) is 4.39 Å². The predicted octanol–water partition coefficient (Wildman–Crippen LogP) is 2.15. The van der Waals surface area contributed by atoms with Crippen molar-refractivity contribution in [3.8, 4) is 0 Å². The van der Waals surface area contributed by atoms with Gasteiger partial charge < -0.3 is 15.8 Å². The van der Waals surface area contributed by atoms with E-state index in [9.17, 15) is 9.18 Å². The molecule has 116 valence electrons. The van der Waals surface area contributed by atoms with Crippen molar-refractivity contribution in [1.29, 1.82) is 0 Å². The van der Waals surface area contributed by atoms with Crippen LogP contribution in [0.2, 0.25) is 0 Å².